The molecular formula is C61H64F2N8O13. The molecule has 0 saturated carbocycles. The Balaban J connectivity index is 0.000000173. The number of rotatable bonds is 8. The van der Waals surface area contributed by atoms with Crippen molar-refractivity contribution in [2.75, 3.05) is 38.1 Å². The number of fused-ring (bicyclic) bond motifs is 8. The number of hydrogen-bond acceptors (Lipinski definition) is 18. The molecule has 7 aliphatic heterocycles. The van der Waals surface area contributed by atoms with Gasteiger partial charge in [-0.15, -0.1) is 0 Å². The minimum absolute atomic E-state index is 0. The molecule has 0 radical (unpaired) electrons. The highest BCUT2D eigenvalue weighted by Gasteiger charge is 2.63. The van der Waals surface area contributed by atoms with Gasteiger partial charge in [0.05, 0.1) is 20.8 Å². The molecule has 84 heavy (non-hydrogen) atoms. The zero-order chi connectivity index (χ0) is 58.6. The van der Waals surface area contributed by atoms with Crippen LogP contribution in [0.15, 0.2) is 86.6 Å². The number of hydrogen-bond donors (Lipinski definition) is 6. The predicted molar refractivity (Wildman–Crippen MR) is 297 cm³/mol. The Morgan fingerprint density at radius 3 is 1.71 bits per heavy atom. The van der Waals surface area contributed by atoms with E-state index < -0.39 is 89.5 Å². The van der Waals surface area contributed by atoms with Crippen molar-refractivity contribution >= 4 is 46.9 Å². The molecule has 7 aliphatic rings. The van der Waals surface area contributed by atoms with Crippen LogP contribution in [0, 0.1) is 35.3 Å². The van der Waals surface area contributed by atoms with E-state index in [-0.39, 0.29) is 78.4 Å². The first-order valence-electron chi connectivity index (χ1n) is 27.4. The van der Waals surface area contributed by atoms with Gasteiger partial charge in [-0.3, -0.25) is 14.4 Å². The molecule has 21 nitrogen and oxygen atoms in total. The predicted octanol–water partition coefficient (Wildman–Crippen LogP) is 6.81. The summed E-state index contributed by atoms with van der Waals surface area (Å²) in [4.78, 5) is 79.0. The van der Waals surface area contributed by atoms with Crippen molar-refractivity contribution in [1.29, 1.82) is 0 Å². The van der Waals surface area contributed by atoms with E-state index in [4.69, 9.17) is 37.5 Å². The summed E-state index contributed by atoms with van der Waals surface area (Å²) in [6.45, 7) is 10.6. The summed E-state index contributed by atoms with van der Waals surface area (Å²) in [5.41, 5.74) is 2.98. The van der Waals surface area contributed by atoms with E-state index >= 15 is 0 Å². The molecule has 2 spiro atoms. The van der Waals surface area contributed by atoms with Crippen LogP contribution in [0.5, 0.6) is 11.5 Å². The molecule has 4 aromatic carbocycles. The molecule has 0 aliphatic carbocycles. The molecule has 1 unspecified atom stereocenters. The summed E-state index contributed by atoms with van der Waals surface area (Å²) in [6.07, 6.45) is -0.627. The molecular weight excluding hydrogens is 1090 g/mol. The van der Waals surface area contributed by atoms with Crippen LogP contribution < -0.4 is 36.1 Å². The van der Waals surface area contributed by atoms with E-state index in [2.05, 4.69) is 36.6 Å². The molecule has 0 fully saturated rings. The standard InChI is InChI=1S/C30H31FN4O7.C30H29FN4O6.CH4/c1-13(2)22-27-35-23(26(38)32-20(12-36)28(39)40-4)24(42-27)30-17-11-16(31)6-7-19(17)33-29(30)41-21-8-5-15(10-18(21)30)9-14(3)25(37)34-22;1-13(2)22-27-35-23(26-32-20(12-39-26)28(37)38-4)24(41-27)30-17-11-16(31)6-7-19(17)33-29(30)40-21-8-5-15(10-18(21)30)9-14(3)25(36)34-22;/h5-8,10-11,13-14,20,22,29,33,36H,9,12H2,1-4H3,(H,32,38)(H,34,37);5-8,10-11,13-14,20,22,29,33H,9,12H2,1-4H3,(H,34,36);1H4/t14-,20-,22-,29+,30-;14-,20?,22-,29+,30-;/m00./s1. The number of ether oxygens (including phenoxy) is 5. The number of amides is 3. The van der Waals surface area contributed by atoms with E-state index in [0.29, 0.717) is 58.2 Å². The maximum atomic E-state index is 14.9. The van der Waals surface area contributed by atoms with Gasteiger partial charge >= 0.3 is 11.9 Å². The summed E-state index contributed by atoms with van der Waals surface area (Å²) in [7, 11) is 2.43. The van der Waals surface area contributed by atoms with Crippen molar-refractivity contribution in [3.05, 3.63) is 153 Å². The number of anilines is 2. The number of nitrogens with zero attached hydrogens (tertiary/aromatic N) is 3. The molecule has 13 rings (SSSR count). The second kappa shape index (κ2) is 21.4. The van der Waals surface area contributed by atoms with Gasteiger partial charge in [0.1, 0.15) is 52.7 Å². The molecule has 6 N–H and O–H groups in total. The minimum Gasteiger partial charge on any atom is -0.473 e. The highest BCUT2D eigenvalue weighted by molar-refractivity contribution is 5.99. The van der Waals surface area contributed by atoms with E-state index in [9.17, 15) is 37.9 Å². The first-order valence-corrected chi connectivity index (χ1v) is 27.4. The fourth-order valence-corrected chi connectivity index (χ4v) is 12.3. The zero-order valence-corrected chi connectivity index (χ0v) is 46.5. The van der Waals surface area contributed by atoms with E-state index in [1.807, 2.05) is 71.9 Å². The van der Waals surface area contributed by atoms with E-state index in [1.54, 1.807) is 18.2 Å². The maximum Gasteiger partial charge on any atom is 0.334 e. The van der Waals surface area contributed by atoms with Gasteiger partial charge < -0.3 is 64.2 Å². The Morgan fingerprint density at radius 1 is 0.702 bits per heavy atom. The fourth-order valence-electron chi connectivity index (χ4n) is 12.3. The van der Waals surface area contributed by atoms with Crippen LogP contribution in [0.3, 0.4) is 0 Å². The highest BCUT2D eigenvalue weighted by Crippen LogP contribution is 2.60. The number of nitrogens with one attached hydrogen (secondary N) is 5. The largest absolute Gasteiger partial charge is 0.473 e. The average molecular weight is 1160 g/mol. The molecule has 0 saturated heterocycles. The normalized spacial score (nSPS) is 25.5. The van der Waals surface area contributed by atoms with Crippen LogP contribution in [-0.4, -0.2) is 103 Å². The molecule has 2 aromatic heterocycles. The number of aliphatic imine (C=N–C) groups is 1. The van der Waals surface area contributed by atoms with Crippen molar-refractivity contribution in [1.82, 2.24) is 25.9 Å². The number of oxazole rings is 2. The topological polar surface area (TPSA) is 276 Å². The zero-order valence-electron chi connectivity index (χ0n) is 46.5. The Kier molecular flexibility index (Phi) is 14.5. The lowest BCUT2D eigenvalue weighted by atomic mass is 9.72. The number of methoxy groups -OCH3 is 2. The lowest BCUT2D eigenvalue weighted by molar-refractivity contribution is -0.144. The summed E-state index contributed by atoms with van der Waals surface area (Å²) >= 11 is 0. The highest BCUT2D eigenvalue weighted by atomic mass is 19.1. The second-order valence-electron chi connectivity index (χ2n) is 22.6. The molecule has 6 aromatic rings. The summed E-state index contributed by atoms with van der Waals surface area (Å²) in [6, 6.07) is 16.6. The first-order chi connectivity index (χ1) is 39.8. The summed E-state index contributed by atoms with van der Waals surface area (Å²) < 4.78 is 71.4. The molecule has 8 bridgehead atoms. The number of halogens is 2. The van der Waals surface area contributed by atoms with Gasteiger partial charge in [0.15, 0.2) is 47.4 Å². The third kappa shape index (κ3) is 8.96. The number of esters is 2. The third-order valence-corrected chi connectivity index (χ3v) is 16.6. The van der Waals surface area contributed by atoms with Crippen LogP contribution in [0.2, 0.25) is 0 Å². The van der Waals surface area contributed by atoms with Gasteiger partial charge in [-0.2, -0.15) is 0 Å². The number of aromatic nitrogens is 2. The number of aliphatic hydroxyl groups excluding tert-OH is 1. The lowest BCUT2D eigenvalue weighted by Crippen LogP contribution is -2.46. The Morgan fingerprint density at radius 2 is 1.21 bits per heavy atom. The van der Waals surface area contributed by atoms with Crippen molar-refractivity contribution in [2.24, 2.45) is 28.7 Å². The Bertz CT molecular complexity index is 3710. The fraction of sp³-hybridized carbons (Fsp3) is 0.410. The maximum absolute atomic E-state index is 14.9. The van der Waals surface area contributed by atoms with Crippen molar-refractivity contribution in [3.63, 3.8) is 0 Å². The van der Waals surface area contributed by atoms with Crippen LogP contribution in [0.1, 0.15) is 134 Å². The van der Waals surface area contributed by atoms with Gasteiger partial charge in [-0.1, -0.05) is 73.2 Å². The summed E-state index contributed by atoms with van der Waals surface area (Å²) in [5, 5.41) is 25.1. The van der Waals surface area contributed by atoms with Crippen LogP contribution in [-0.2, 0) is 57.1 Å². The number of aliphatic hydroxyl groups is 1. The SMILES string of the molecule is C.COC(=O)C1COC(c2nc3oc2[C@@]24c5cc(F)ccc5N[C@@H]2Oc2ccc(cc24)C[C@H](C)C(=O)N[C@H]3C(C)C)=N1.COC(=O)[C@H](CO)NC(=O)c1nc2oc1[C@@]13c4cc(F)ccc4N[C@@H]1Oc1ccc(cc13)C[C@H](C)C(=O)N[C@H]2C(C)C. The molecule has 10 atom stereocenters. The summed E-state index contributed by atoms with van der Waals surface area (Å²) in [5.74, 6) is -2.65. The quantitative estimate of drug-likeness (QED) is 0.0854. The van der Waals surface area contributed by atoms with Gasteiger partial charge in [-0.25, -0.2) is 33.3 Å². The van der Waals surface area contributed by atoms with Gasteiger partial charge in [0.2, 0.25) is 29.5 Å². The second-order valence-corrected chi connectivity index (χ2v) is 22.6. The van der Waals surface area contributed by atoms with Crippen LogP contribution in [0.4, 0.5) is 20.2 Å². The molecule has 440 valence electrons. The van der Waals surface area contributed by atoms with Crippen LogP contribution >= 0.6 is 0 Å². The van der Waals surface area contributed by atoms with Crippen molar-refractivity contribution in [2.45, 2.75) is 109 Å². The minimum atomic E-state index is -1.38. The van der Waals surface area contributed by atoms with Gasteiger partial charge in [0.25, 0.3) is 5.91 Å². The van der Waals surface area contributed by atoms with E-state index in [0.717, 1.165) is 23.8 Å². The van der Waals surface area contributed by atoms with Crippen LogP contribution in [0.25, 0.3) is 0 Å². The smallest absolute Gasteiger partial charge is 0.334 e. The van der Waals surface area contributed by atoms with Gasteiger partial charge in [0, 0.05) is 45.5 Å². The number of benzene rings is 4. The molecule has 23 heteroatoms. The van der Waals surface area contributed by atoms with Crippen molar-refractivity contribution < 1.29 is 70.4 Å². The van der Waals surface area contributed by atoms with Crippen molar-refractivity contribution in [3.8, 4) is 11.5 Å². The monoisotopic (exact) mass is 1150 g/mol. The Labute approximate surface area is 481 Å². The number of carbonyl (C=O) groups excluding carboxylic acids is 5. The average Bonchev–Trinajstić information content (AvgIpc) is 1.54. The lowest BCUT2D eigenvalue weighted by Gasteiger charge is -2.28. The third-order valence-electron chi connectivity index (χ3n) is 16.6. The molecule has 3 amide bonds. The number of carbonyl (C=O) groups is 5. The van der Waals surface area contributed by atoms with Gasteiger partial charge in [-0.05, 0) is 84.3 Å². The first kappa shape index (κ1) is 57.0. The Hall–Kier alpha value is -8.86. The molecule has 9 heterocycles. The van der Waals surface area contributed by atoms with E-state index in [1.165, 1.54) is 31.4 Å².